The molecule has 0 N–H and O–H groups in total. The second-order valence-corrected chi connectivity index (χ2v) is 64.1. The molecule has 10 nitrogen and oxygen atoms in total. The van der Waals surface area contributed by atoms with Gasteiger partial charge in [0.2, 0.25) is 0 Å². The first kappa shape index (κ1) is 95.5. The molecule has 0 amide bonds. The first-order valence-electron chi connectivity index (χ1n) is 42.3. The van der Waals surface area contributed by atoms with E-state index in [4.69, 9.17) is 34.0 Å². The fourth-order valence-electron chi connectivity index (χ4n) is 16.3. The largest absolute Gasteiger partial charge is 0.413 e. The van der Waals surface area contributed by atoms with Gasteiger partial charge >= 0.3 is 0 Å². The summed E-state index contributed by atoms with van der Waals surface area (Å²) in [5, 5.41) is 10.7. The van der Waals surface area contributed by atoms with Gasteiger partial charge in [-0.15, -0.1) is 0 Å². The highest BCUT2D eigenvalue weighted by Crippen LogP contribution is 2.58. The number of hydrogen-bond acceptors (Lipinski definition) is 10. The molecule has 6 unspecified atom stereocenters. The number of rotatable bonds is 23. The minimum absolute atomic E-state index is 0.0112. The molecule has 10 atom stereocenters. The molecule has 620 valence electrons. The van der Waals surface area contributed by atoms with E-state index >= 15 is 0 Å². The molecule has 15 heteroatoms. The third-order valence-electron chi connectivity index (χ3n) is 27.5. The second-order valence-electron chi connectivity index (χ2n) is 42.2. The van der Waals surface area contributed by atoms with Gasteiger partial charge in [-0.3, -0.25) is 4.79 Å². The number of benzene rings is 2. The van der Waals surface area contributed by atoms with Crippen LogP contribution in [-0.2, 0) is 36.7 Å². The van der Waals surface area contributed by atoms with Crippen molar-refractivity contribution in [1.29, 1.82) is 0 Å². The van der Waals surface area contributed by atoms with Crippen LogP contribution in [0.3, 0.4) is 0 Å². The average Bonchev–Trinajstić information content (AvgIpc) is 1.65. The van der Waals surface area contributed by atoms with Crippen LogP contribution >= 0.6 is 7.14 Å². The van der Waals surface area contributed by atoms with Gasteiger partial charge in [-0.2, -0.15) is 0 Å². The Morgan fingerprint density at radius 3 is 1.28 bits per heavy atom. The predicted octanol–water partition coefficient (Wildman–Crippen LogP) is 27.1. The van der Waals surface area contributed by atoms with Crippen molar-refractivity contribution in [3.8, 4) is 0 Å². The van der Waals surface area contributed by atoms with E-state index in [1.54, 1.807) is 25.4 Å². The Bertz CT molecular complexity index is 3800. The monoisotopic (exact) mass is 1610 g/mol. The third-order valence-corrected chi connectivity index (χ3v) is 48.5. The van der Waals surface area contributed by atoms with Gasteiger partial charge in [-0.05, 0) is 206 Å². The summed E-state index contributed by atoms with van der Waals surface area (Å²) in [6.45, 7) is 78.2. The first-order chi connectivity index (χ1) is 50.9. The van der Waals surface area contributed by atoms with E-state index in [0.717, 1.165) is 104 Å². The van der Waals surface area contributed by atoms with Gasteiger partial charge in [-0.1, -0.05) is 296 Å². The van der Waals surface area contributed by atoms with E-state index < -0.39 is 40.4 Å². The molecule has 0 aromatic heterocycles. The van der Waals surface area contributed by atoms with E-state index in [0.29, 0.717) is 29.7 Å². The Balaban J connectivity index is 0.000000274. The molecule has 4 fully saturated rings. The molecule has 0 radical (unpaired) electrons. The molecule has 6 aliphatic carbocycles. The fourth-order valence-corrected chi connectivity index (χ4v) is 24.1. The molecule has 0 aliphatic heterocycles. The van der Waals surface area contributed by atoms with E-state index in [9.17, 15) is 9.36 Å². The molecular weight excluding hydrogens is 1450 g/mol. The van der Waals surface area contributed by atoms with E-state index in [1.807, 2.05) is 60.7 Å². The summed E-state index contributed by atoms with van der Waals surface area (Å²) in [7, 11) is -7.62. The number of allylic oxidation sites excluding steroid dienone is 12. The van der Waals surface area contributed by atoms with Crippen molar-refractivity contribution in [2.24, 2.45) is 55.6 Å². The summed E-state index contributed by atoms with van der Waals surface area (Å²) in [5.74, 6) is 2.23. The van der Waals surface area contributed by atoms with Crippen LogP contribution in [0, 0.1) is 45.3 Å². The lowest BCUT2D eigenvalue weighted by atomic mass is 9.62. The van der Waals surface area contributed by atoms with Crippen molar-refractivity contribution in [3.05, 3.63) is 168 Å². The number of carbonyl (C=O) groups is 1. The molecule has 6 aliphatic rings. The lowest BCUT2D eigenvalue weighted by Crippen LogP contribution is -2.49. The van der Waals surface area contributed by atoms with Crippen LogP contribution in [-0.4, -0.2) is 95.3 Å². The quantitative estimate of drug-likeness (QED) is 0.0355. The van der Waals surface area contributed by atoms with Crippen LogP contribution in [0.4, 0.5) is 0 Å². The molecule has 0 bridgehead atoms. The van der Waals surface area contributed by atoms with Crippen LogP contribution in [0.25, 0.3) is 0 Å². The van der Waals surface area contributed by atoms with Crippen molar-refractivity contribution >= 4 is 68.2 Å². The summed E-state index contributed by atoms with van der Waals surface area (Å²) in [6, 6.07) is 19.8. The molecule has 111 heavy (non-hydrogen) atoms. The van der Waals surface area contributed by atoms with Crippen LogP contribution in [0.1, 0.15) is 242 Å². The highest BCUT2D eigenvalue weighted by atomic mass is 31.2. The number of hydrogen-bond donors (Lipinski definition) is 0. The second kappa shape index (κ2) is 37.5. The van der Waals surface area contributed by atoms with E-state index in [1.165, 1.54) is 36.0 Å². The number of oxime groups is 2. The number of ketones is 1. The van der Waals surface area contributed by atoms with Crippen LogP contribution in [0.2, 0.25) is 72.5 Å². The molecule has 2 aromatic rings. The predicted molar refractivity (Wildman–Crippen MR) is 489 cm³/mol. The zero-order chi connectivity index (χ0) is 83.7. The van der Waals surface area contributed by atoms with Gasteiger partial charge in [0.1, 0.15) is 27.1 Å². The normalized spacial score (nSPS) is 26.3. The van der Waals surface area contributed by atoms with E-state index in [2.05, 4.69) is 276 Å². The number of nitrogens with zero attached hydrogens (tertiary/aromatic N) is 2. The lowest BCUT2D eigenvalue weighted by Gasteiger charge is -2.45. The Hall–Kier alpha value is -4.35. The Morgan fingerprint density at radius 2 is 0.892 bits per heavy atom. The van der Waals surface area contributed by atoms with Gasteiger partial charge in [0, 0.05) is 52.8 Å². The van der Waals surface area contributed by atoms with E-state index in [-0.39, 0.29) is 72.1 Å². The maximum absolute atomic E-state index is 14.7. The molecule has 4 saturated carbocycles. The number of fused-ring (bicyclic) bond motifs is 2. The first-order valence-corrected chi connectivity index (χ1v) is 55.8. The summed E-state index contributed by atoms with van der Waals surface area (Å²) in [6.07, 6.45) is 35.5. The maximum atomic E-state index is 14.7. The minimum Gasteiger partial charge on any atom is -0.413 e. The number of carbonyl (C=O) groups excluding carboxylic acids is 1. The van der Waals surface area contributed by atoms with Crippen LogP contribution in [0.5, 0.6) is 0 Å². The average molecular weight is 1610 g/mol. The SMILES string of the molecule is C=C1/C(=C\C=C2/CCCC3(C)C(C(C)C/C=C/C(=N\OC)C(C)(C)C)=CCC23)C[C@@H](O[Si](C)(C)C(C)(C)C)C[C@@H]1O[Si](C)(C)C(C)(C)C.C=C1/C(=C\CP(=O)(c2ccccc2)c2ccccc2)C[C@@H](O[Si](C)(C)C(C)(C)C)C[C@@H]1O[Si](C)(C)C(C)(C)C.CO/N=C(\C=C\CC(C)C1=CCC2C(=O)CCCC12C)C(C)(C)C. The van der Waals surface area contributed by atoms with Gasteiger partial charge in [0.05, 0.1) is 35.8 Å². The highest BCUT2D eigenvalue weighted by Gasteiger charge is 2.51. The molecule has 0 heterocycles. The molecule has 2 aromatic carbocycles. The lowest BCUT2D eigenvalue weighted by molar-refractivity contribution is -0.128. The number of Topliss-reactive ketones (excluding diaryl/α,β-unsaturated/α-hetero) is 1. The van der Waals surface area contributed by atoms with Gasteiger partial charge in [-0.25, -0.2) is 0 Å². The van der Waals surface area contributed by atoms with Crippen molar-refractivity contribution in [1.82, 2.24) is 0 Å². The Kier molecular flexibility index (Phi) is 32.3. The van der Waals surface area contributed by atoms with Crippen molar-refractivity contribution in [2.75, 3.05) is 20.4 Å². The van der Waals surface area contributed by atoms with Crippen molar-refractivity contribution in [2.45, 2.75) is 339 Å². The third kappa shape index (κ3) is 24.2. The molecule has 8 rings (SSSR count). The summed E-state index contributed by atoms with van der Waals surface area (Å²) >= 11 is 0. The summed E-state index contributed by atoms with van der Waals surface area (Å²) < 4.78 is 42.9. The van der Waals surface area contributed by atoms with Crippen molar-refractivity contribution in [3.63, 3.8) is 0 Å². The molecule has 0 saturated heterocycles. The summed E-state index contributed by atoms with van der Waals surface area (Å²) in [4.78, 5) is 22.4. The minimum atomic E-state index is -2.87. The highest BCUT2D eigenvalue weighted by molar-refractivity contribution is 7.78. The standard InChI is InChI=1S/C42H73NO3Si2.C33H51O3PSi2.C21H33NO2/c1-30(20-18-22-38(43-44-13)39(3,4)5)35-25-26-36-32(21-19-27-42(35,36)12)23-24-33-28-34(45-47(14,15)40(6,7)8)29-37(31(33)2)46-48(16,17)41(9,10)11;1-26-27(22-23-37(34,29-18-14-12-15-19-29)30-20-16-13-17-21-30)24-28(35-38(8,9)32(2,3)4)25-31(26)36-39(10,11)33(5,6)7;1-15(9-7-11-19(22-24-6)20(2,3)4)16-12-13-17-18(23)10-8-14-21(16,17)5/h18,22-25,30,34,36-37H,2,19-21,26-29H2,1,3-17H3;12-22,28,31H,1,23-25H2,2-11H3;7,11-12,15,17H,8-10,13-14H2,1-6H3/b22-18+,32-23+,33-24-,43-38+;27-22-;11-7+,22-19+/t30?,34-,36?,37+,42?;28-,31+;/m11./s1. The fraction of sp³-hybridized carbons (Fsp3) is 0.656. The zero-order valence-corrected chi connectivity index (χ0v) is 81.1. The van der Waals surface area contributed by atoms with Gasteiger partial charge in [0.25, 0.3) is 0 Å². The van der Waals surface area contributed by atoms with Crippen LogP contribution in [0.15, 0.2) is 178 Å². The van der Waals surface area contributed by atoms with Gasteiger partial charge in [0.15, 0.2) is 33.3 Å². The summed E-state index contributed by atoms with van der Waals surface area (Å²) in [5.41, 5.74) is 11.6. The molecular formula is C96H157N2O8PSi4. The van der Waals surface area contributed by atoms with Gasteiger partial charge < -0.3 is 31.9 Å². The Morgan fingerprint density at radius 1 is 0.532 bits per heavy atom. The van der Waals surface area contributed by atoms with Crippen LogP contribution < -0.4 is 10.6 Å². The topological polar surface area (TPSA) is 114 Å². The smallest absolute Gasteiger partial charge is 0.192 e. The van der Waals surface area contributed by atoms with Crippen molar-refractivity contribution < 1.29 is 36.7 Å². The zero-order valence-electron chi connectivity index (χ0n) is 76.2. The Labute approximate surface area is 683 Å². The maximum Gasteiger partial charge on any atom is 0.192 e. The molecule has 0 spiro atoms.